The molecule has 0 radical (unpaired) electrons. The van der Waals surface area contributed by atoms with Crippen molar-refractivity contribution in [2.24, 2.45) is 7.05 Å². The van der Waals surface area contributed by atoms with Crippen LogP contribution in [0.1, 0.15) is 32.0 Å². The molecule has 4 heterocycles. The Morgan fingerprint density at radius 1 is 1.25 bits per heavy atom. The maximum atomic E-state index is 13.0. The van der Waals surface area contributed by atoms with Crippen LogP contribution < -0.4 is 4.74 Å². The molecule has 0 spiro atoms. The number of ether oxygens (including phenoxy) is 1. The second-order valence-electron chi connectivity index (χ2n) is 7.30. The van der Waals surface area contributed by atoms with Gasteiger partial charge in [-0.1, -0.05) is 6.92 Å². The van der Waals surface area contributed by atoms with Gasteiger partial charge in [-0.05, 0) is 25.7 Å². The summed E-state index contributed by atoms with van der Waals surface area (Å²) < 4.78 is 46.7. The Labute approximate surface area is 164 Å². The Bertz CT molecular complexity index is 1080. The molecule has 0 unspecified atom stereocenters. The molecule has 5 nitrogen and oxygen atoms in total. The number of pyridine rings is 2. The maximum absolute atomic E-state index is 13.0. The number of aryl methyl sites for hydroxylation is 1. The fourth-order valence-electron chi connectivity index (χ4n) is 3.44. The number of alkyl halides is 3. The van der Waals surface area contributed by atoms with E-state index in [9.17, 15) is 13.2 Å². The first kappa shape index (κ1) is 19.0. The smallest absolute Gasteiger partial charge is 0.433 e. The van der Waals surface area contributed by atoms with Crippen LogP contribution >= 0.6 is 11.8 Å². The molecule has 0 N–H and O–H groups in total. The average molecular weight is 408 g/mol. The Morgan fingerprint density at radius 2 is 2.00 bits per heavy atom. The number of rotatable bonds is 3. The number of fused-ring (bicyclic) bond motifs is 2. The first-order valence-electron chi connectivity index (χ1n) is 8.84. The molecule has 0 fully saturated rings. The molecule has 28 heavy (non-hydrogen) atoms. The topological polar surface area (TPSA) is 52.8 Å². The van der Waals surface area contributed by atoms with Crippen LogP contribution in [-0.4, -0.2) is 30.9 Å². The number of nitrogens with zero attached hydrogens (tertiary/aromatic N) is 4. The van der Waals surface area contributed by atoms with Crippen molar-refractivity contribution in [3.8, 4) is 17.3 Å². The second kappa shape index (κ2) is 6.37. The number of imidazole rings is 1. The summed E-state index contributed by atoms with van der Waals surface area (Å²) in [7, 11) is 1.76. The van der Waals surface area contributed by atoms with Crippen molar-refractivity contribution < 1.29 is 17.9 Å². The number of aromatic nitrogens is 4. The van der Waals surface area contributed by atoms with E-state index in [1.54, 1.807) is 29.6 Å². The van der Waals surface area contributed by atoms with E-state index >= 15 is 0 Å². The summed E-state index contributed by atoms with van der Waals surface area (Å²) in [6.45, 7) is 6.09. The predicted molar refractivity (Wildman–Crippen MR) is 102 cm³/mol. The van der Waals surface area contributed by atoms with Crippen molar-refractivity contribution in [2.45, 2.75) is 43.9 Å². The van der Waals surface area contributed by atoms with Crippen LogP contribution in [0.2, 0.25) is 0 Å². The minimum atomic E-state index is -4.51. The standard InChI is InChI=1S/C19H19F3N4OS/c1-5-28-16-10-7-18(2,3)27-13(10)9-24-15(16)17-25-11-6-14(19(20,21)22)23-8-12(11)26(17)4/h6,8-9H,5,7H2,1-4H3. The highest BCUT2D eigenvalue weighted by Gasteiger charge is 2.35. The summed E-state index contributed by atoms with van der Waals surface area (Å²) in [5, 5.41) is 0. The molecule has 0 aromatic carbocycles. The van der Waals surface area contributed by atoms with Crippen molar-refractivity contribution in [2.75, 3.05) is 5.75 Å². The fraction of sp³-hybridized carbons (Fsp3) is 0.421. The second-order valence-corrected chi connectivity index (χ2v) is 8.57. The van der Waals surface area contributed by atoms with Gasteiger partial charge in [-0.2, -0.15) is 13.2 Å². The third-order valence-corrected chi connectivity index (χ3v) is 5.66. The van der Waals surface area contributed by atoms with Gasteiger partial charge in [-0.3, -0.25) is 0 Å². The highest BCUT2D eigenvalue weighted by molar-refractivity contribution is 7.99. The van der Waals surface area contributed by atoms with Crippen LogP contribution in [0.5, 0.6) is 5.75 Å². The molecule has 0 amide bonds. The molecule has 148 valence electrons. The SMILES string of the molecule is CCSc1c(-c2nc3cc(C(F)(F)F)ncc3n2C)ncc2c1CC(C)(C)O2. The summed E-state index contributed by atoms with van der Waals surface area (Å²) >= 11 is 1.64. The molecule has 0 saturated carbocycles. The Balaban J connectivity index is 1.90. The molecule has 3 aromatic rings. The molecule has 0 atom stereocenters. The Hall–Kier alpha value is -2.29. The zero-order valence-electron chi connectivity index (χ0n) is 15.9. The highest BCUT2D eigenvalue weighted by atomic mass is 32.2. The van der Waals surface area contributed by atoms with Gasteiger partial charge in [0.2, 0.25) is 0 Å². The number of halogens is 3. The Morgan fingerprint density at radius 3 is 2.68 bits per heavy atom. The lowest BCUT2D eigenvalue weighted by molar-refractivity contribution is -0.141. The lowest BCUT2D eigenvalue weighted by Crippen LogP contribution is -2.24. The van der Waals surface area contributed by atoms with E-state index in [2.05, 4.69) is 15.0 Å². The minimum Gasteiger partial charge on any atom is -0.486 e. The maximum Gasteiger partial charge on any atom is 0.433 e. The van der Waals surface area contributed by atoms with Crippen LogP contribution in [0.4, 0.5) is 13.2 Å². The molecule has 0 aliphatic carbocycles. The van der Waals surface area contributed by atoms with Crippen LogP contribution in [0.3, 0.4) is 0 Å². The zero-order chi connectivity index (χ0) is 20.3. The first-order chi connectivity index (χ1) is 13.1. The van der Waals surface area contributed by atoms with Crippen LogP contribution in [0.15, 0.2) is 23.4 Å². The predicted octanol–water partition coefficient (Wildman–Crippen LogP) is 4.87. The zero-order valence-corrected chi connectivity index (χ0v) is 16.7. The lowest BCUT2D eigenvalue weighted by Gasteiger charge is -2.16. The monoisotopic (exact) mass is 408 g/mol. The highest BCUT2D eigenvalue weighted by Crippen LogP contribution is 2.44. The van der Waals surface area contributed by atoms with Crippen molar-refractivity contribution in [3.63, 3.8) is 0 Å². The third-order valence-electron chi connectivity index (χ3n) is 4.64. The van der Waals surface area contributed by atoms with Crippen LogP contribution in [-0.2, 0) is 19.6 Å². The van der Waals surface area contributed by atoms with Gasteiger partial charge in [-0.25, -0.2) is 15.0 Å². The van der Waals surface area contributed by atoms with Crippen molar-refractivity contribution in [3.05, 3.63) is 29.7 Å². The van der Waals surface area contributed by atoms with Crippen molar-refractivity contribution >= 4 is 22.8 Å². The summed E-state index contributed by atoms with van der Waals surface area (Å²) in [6, 6.07) is 0.977. The van der Waals surface area contributed by atoms with E-state index in [1.165, 1.54) is 6.20 Å². The third kappa shape index (κ3) is 3.11. The van der Waals surface area contributed by atoms with E-state index in [-0.39, 0.29) is 11.1 Å². The molecule has 1 aliphatic rings. The van der Waals surface area contributed by atoms with Gasteiger partial charge in [-0.15, -0.1) is 11.8 Å². The average Bonchev–Trinajstić information content (AvgIpc) is 3.10. The van der Waals surface area contributed by atoms with Crippen molar-refractivity contribution in [1.82, 2.24) is 19.5 Å². The summed E-state index contributed by atoms with van der Waals surface area (Å²) in [6.07, 6.45) is -0.882. The van der Waals surface area contributed by atoms with E-state index < -0.39 is 11.9 Å². The summed E-state index contributed by atoms with van der Waals surface area (Å²) in [4.78, 5) is 13.5. The van der Waals surface area contributed by atoms with Gasteiger partial charge in [0.15, 0.2) is 5.82 Å². The van der Waals surface area contributed by atoms with E-state index in [0.717, 1.165) is 34.4 Å². The largest absolute Gasteiger partial charge is 0.486 e. The molecule has 3 aromatic heterocycles. The van der Waals surface area contributed by atoms with Crippen LogP contribution in [0, 0.1) is 0 Å². The van der Waals surface area contributed by atoms with Crippen LogP contribution in [0.25, 0.3) is 22.6 Å². The fourth-order valence-corrected chi connectivity index (χ4v) is 4.36. The van der Waals surface area contributed by atoms with E-state index in [4.69, 9.17) is 4.74 Å². The summed E-state index contributed by atoms with van der Waals surface area (Å²) in [5.74, 6) is 2.10. The van der Waals surface area contributed by atoms with Gasteiger partial charge in [0.05, 0.1) is 23.4 Å². The van der Waals surface area contributed by atoms with E-state index in [1.807, 2.05) is 20.8 Å². The van der Waals surface area contributed by atoms with Gasteiger partial charge in [0.25, 0.3) is 0 Å². The van der Waals surface area contributed by atoms with Gasteiger partial charge in [0, 0.05) is 23.9 Å². The van der Waals surface area contributed by atoms with Gasteiger partial charge < -0.3 is 9.30 Å². The lowest BCUT2D eigenvalue weighted by atomic mass is 10.0. The van der Waals surface area contributed by atoms with Gasteiger partial charge >= 0.3 is 6.18 Å². The first-order valence-corrected chi connectivity index (χ1v) is 9.83. The van der Waals surface area contributed by atoms with Gasteiger partial charge in [0.1, 0.15) is 22.7 Å². The molecule has 0 saturated heterocycles. The number of hydrogen-bond donors (Lipinski definition) is 0. The summed E-state index contributed by atoms with van der Waals surface area (Å²) in [5.41, 5.74) is 1.22. The quantitative estimate of drug-likeness (QED) is 0.579. The molecule has 9 heteroatoms. The minimum absolute atomic E-state index is 0.242. The molecular weight excluding hydrogens is 389 g/mol. The molecular formula is C19H19F3N4OS. The Kier molecular flexibility index (Phi) is 4.33. The molecule has 0 bridgehead atoms. The molecule has 1 aliphatic heterocycles. The number of hydrogen-bond acceptors (Lipinski definition) is 5. The van der Waals surface area contributed by atoms with E-state index in [0.29, 0.717) is 17.0 Å². The molecule has 4 rings (SSSR count). The number of thioether (sulfide) groups is 1. The normalized spacial score (nSPS) is 15.7. The van der Waals surface area contributed by atoms with Crippen molar-refractivity contribution in [1.29, 1.82) is 0 Å².